The Kier molecular flexibility index (Phi) is 33.6. The summed E-state index contributed by atoms with van der Waals surface area (Å²) in [6.07, 6.45) is 21.7. The molecule has 8 saturated carbocycles. The lowest BCUT2D eigenvalue weighted by molar-refractivity contribution is -0.107. The molecular weight excluding hydrogens is 989 g/mol. The van der Waals surface area contributed by atoms with Crippen LogP contribution in [0, 0.1) is 94.7 Å². The summed E-state index contributed by atoms with van der Waals surface area (Å²) in [5, 5.41) is 94.0. The topological polar surface area (TPSA) is 202 Å². The number of aliphatic hydroxyl groups excluding tert-OH is 5. The van der Waals surface area contributed by atoms with Gasteiger partial charge in [0.2, 0.25) is 0 Å². The van der Waals surface area contributed by atoms with Crippen molar-refractivity contribution in [2.45, 2.75) is 345 Å². The monoisotopic (exact) mass is 1130 g/mol. The molecule has 0 heterocycles. The van der Waals surface area contributed by atoms with E-state index in [1.807, 2.05) is 20.8 Å². The van der Waals surface area contributed by atoms with Crippen molar-refractivity contribution >= 4 is 0 Å². The average molecular weight is 1130 g/mol. The summed E-state index contributed by atoms with van der Waals surface area (Å²) < 4.78 is 0. The molecule has 0 aromatic carbocycles. The van der Waals surface area contributed by atoms with Crippen molar-refractivity contribution in [3.63, 3.8) is 0 Å². The van der Waals surface area contributed by atoms with E-state index >= 15 is 0 Å². The van der Waals surface area contributed by atoms with E-state index in [1.165, 1.54) is 38.5 Å². The number of rotatable bonds is 8. The zero-order valence-electron chi connectivity index (χ0n) is 55.7. The maximum Gasteiger partial charge on any atom is 0.0905 e. The van der Waals surface area contributed by atoms with Gasteiger partial charge in [-0.15, -0.1) is 0 Å². The summed E-state index contributed by atoms with van der Waals surface area (Å²) >= 11 is 0. The van der Waals surface area contributed by atoms with Crippen LogP contribution < -0.4 is 0 Å². The van der Waals surface area contributed by atoms with Crippen LogP contribution >= 0.6 is 0 Å². The van der Waals surface area contributed by atoms with Crippen molar-refractivity contribution in [1.82, 2.24) is 0 Å². The summed E-state index contributed by atoms with van der Waals surface area (Å²) in [5.41, 5.74) is -2.83. The lowest BCUT2D eigenvalue weighted by Gasteiger charge is -2.43. The molecule has 10 N–H and O–H groups in total. The van der Waals surface area contributed by atoms with Crippen LogP contribution in [0.3, 0.4) is 0 Å². The van der Waals surface area contributed by atoms with Gasteiger partial charge in [0.25, 0.3) is 0 Å². The van der Waals surface area contributed by atoms with Gasteiger partial charge >= 0.3 is 0 Å². The maximum absolute atomic E-state index is 9.89. The van der Waals surface area contributed by atoms with E-state index in [0.717, 1.165) is 174 Å². The Bertz CT molecular complexity index is 1520. The van der Waals surface area contributed by atoms with E-state index in [-0.39, 0.29) is 35.1 Å². The largest absolute Gasteiger partial charge is 0.393 e. The van der Waals surface area contributed by atoms with Crippen molar-refractivity contribution in [1.29, 1.82) is 0 Å². The van der Waals surface area contributed by atoms with Crippen LogP contribution in [0.15, 0.2) is 0 Å². The van der Waals surface area contributed by atoms with Gasteiger partial charge in [-0.05, 0) is 271 Å². The Morgan fingerprint density at radius 1 is 0.253 bits per heavy atom. The highest BCUT2D eigenvalue weighted by molar-refractivity contribution is 5.03. The Balaban J connectivity index is 0.000000452. The summed E-state index contributed by atoms with van der Waals surface area (Å²) in [4.78, 5) is 0. The van der Waals surface area contributed by atoms with Crippen molar-refractivity contribution < 1.29 is 51.1 Å². The Labute approximate surface area is 488 Å². The van der Waals surface area contributed by atoms with Gasteiger partial charge in [0.1, 0.15) is 0 Å². The van der Waals surface area contributed by atoms with Crippen LogP contribution in [0.1, 0.15) is 287 Å². The van der Waals surface area contributed by atoms with Crippen molar-refractivity contribution in [3.05, 3.63) is 0 Å². The van der Waals surface area contributed by atoms with Crippen LogP contribution in [0.2, 0.25) is 0 Å². The Hall–Kier alpha value is -0.400. The molecule has 8 aliphatic rings. The fourth-order valence-corrected chi connectivity index (χ4v) is 13.4. The molecule has 10 heteroatoms. The third-order valence-electron chi connectivity index (χ3n) is 21.2. The van der Waals surface area contributed by atoms with E-state index in [1.54, 1.807) is 13.8 Å². The maximum atomic E-state index is 9.89. The molecule has 0 bridgehead atoms. The van der Waals surface area contributed by atoms with Crippen molar-refractivity contribution in [3.8, 4) is 0 Å². The molecule has 0 aliphatic heterocycles. The third kappa shape index (κ3) is 29.5. The molecule has 8 fully saturated rings. The Morgan fingerprint density at radius 3 is 0.759 bits per heavy atom. The molecular formula is C69H138O10. The van der Waals surface area contributed by atoms with E-state index in [2.05, 4.69) is 111 Å². The van der Waals surface area contributed by atoms with Crippen LogP contribution in [0.4, 0.5) is 0 Å². The third-order valence-corrected chi connectivity index (χ3v) is 21.2. The van der Waals surface area contributed by atoms with Gasteiger partial charge in [0.05, 0.1) is 58.5 Å². The second kappa shape index (κ2) is 34.7. The van der Waals surface area contributed by atoms with E-state index in [0.29, 0.717) is 23.7 Å². The first-order valence-corrected chi connectivity index (χ1v) is 33.0. The highest BCUT2D eigenvalue weighted by Gasteiger charge is 2.51. The van der Waals surface area contributed by atoms with E-state index < -0.39 is 23.4 Å². The molecule has 0 spiro atoms. The van der Waals surface area contributed by atoms with E-state index in [4.69, 9.17) is 20.4 Å². The second-order valence-electron chi connectivity index (χ2n) is 31.7. The molecule has 0 aromatic rings. The lowest BCUT2D eigenvalue weighted by Crippen LogP contribution is -2.44. The SMILES string of the molecule is CC(C)C1CC(C)(O)C(C)(O)C1.CC(C)C1CC(C)(O)C1.CC(C)C1CC(O)C(O)C1.CC(C)C1CC(O)C1.CC(C)C1CCC(C)(O)C1.CC(C)C1CCC(C)(O)CC1.CC(C)C1CCC(O)C1.CC(C)C1CCC(O)CC1. The van der Waals surface area contributed by atoms with Crippen molar-refractivity contribution in [2.75, 3.05) is 0 Å². The number of hydrogen-bond acceptors (Lipinski definition) is 10. The van der Waals surface area contributed by atoms with Gasteiger partial charge < -0.3 is 51.1 Å². The van der Waals surface area contributed by atoms with Gasteiger partial charge in [-0.25, -0.2) is 0 Å². The average Bonchev–Trinajstić information content (AvgIpc) is 4.06. The highest BCUT2D eigenvalue weighted by atomic mass is 16.4. The quantitative estimate of drug-likeness (QED) is 0.111. The molecule has 79 heavy (non-hydrogen) atoms. The summed E-state index contributed by atoms with van der Waals surface area (Å²) in [6.45, 7) is 44.8. The first-order valence-electron chi connectivity index (χ1n) is 33.0. The van der Waals surface area contributed by atoms with E-state index in [9.17, 15) is 30.6 Å². The zero-order chi connectivity index (χ0) is 61.2. The van der Waals surface area contributed by atoms with Gasteiger partial charge in [-0.3, -0.25) is 0 Å². The summed E-state index contributed by atoms with van der Waals surface area (Å²) in [6, 6.07) is 0. The van der Waals surface area contributed by atoms with Crippen molar-refractivity contribution in [2.24, 2.45) is 94.7 Å². The molecule has 0 saturated heterocycles. The molecule has 0 radical (unpaired) electrons. The number of aliphatic hydroxyl groups is 10. The molecule has 8 atom stereocenters. The molecule has 0 amide bonds. The smallest absolute Gasteiger partial charge is 0.0905 e. The zero-order valence-corrected chi connectivity index (χ0v) is 55.7. The molecule has 0 aromatic heterocycles. The molecule has 8 rings (SSSR count). The predicted molar refractivity (Wildman–Crippen MR) is 331 cm³/mol. The first-order chi connectivity index (χ1) is 36.0. The van der Waals surface area contributed by atoms with Crippen LogP contribution in [-0.4, -0.2) is 110 Å². The minimum Gasteiger partial charge on any atom is -0.393 e. The first kappa shape index (κ1) is 76.6. The highest BCUT2D eigenvalue weighted by Crippen LogP contribution is 2.46. The van der Waals surface area contributed by atoms with Crippen LogP contribution in [0.25, 0.3) is 0 Å². The molecule has 8 unspecified atom stereocenters. The fourth-order valence-electron chi connectivity index (χ4n) is 13.4. The molecule has 474 valence electrons. The predicted octanol–water partition coefficient (Wildman–Crippen LogP) is 14.3. The molecule has 10 nitrogen and oxygen atoms in total. The summed E-state index contributed by atoms with van der Waals surface area (Å²) in [5.74, 6) is 11.6. The van der Waals surface area contributed by atoms with Crippen LogP contribution in [-0.2, 0) is 0 Å². The fraction of sp³-hybridized carbons (Fsp3) is 1.00. The van der Waals surface area contributed by atoms with Gasteiger partial charge in [-0.1, -0.05) is 111 Å². The minimum absolute atomic E-state index is 0.00926. The van der Waals surface area contributed by atoms with Crippen LogP contribution in [0.5, 0.6) is 0 Å². The van der Waals surface area contributed by atoms with Gasteiger partial charge in [0, 0.05) is 0 Å². The van der Waals surface area contributed by atoms with Gasteiger partial charge in [0.15, 0.2) is 0 Å². The summed E-state index contributed by atoms with van der Waals surface area (Å²) in [7, 11) is 0. The molecule has 8 aliphatic carbocycles. The number of hydrogen-bond donors (Lipinski definition) is 10. The normalized spacial score (nSPS) is 40.5. The van der Waals surface area contributed by atoms with Gasteiger partial charge in [-0.2, -0.15) is 0 Å². The lowest BCUT2D eigenvalue weighted by atomic mass is 9.67. The standard InChI is InChI=1S/C10H20O2.C10H20O.2C9H18O.C8H16O2.2C8H16O.C7H14O/c1-7(2)8-5-9(3,11)10(4,12)6-8;1-8(2)9-4-6-10(3,11)7-5-9;1-7(2)8-4-5-9(3,10)6-8;1-7(2)8-3-5-9(10)6-4-8;1-5(2)6-3-7(9)8(10)4-6;1-6(2)7-4-8(3,9)5-7;1-6(2)7-3-4-8(9)5-7;1-5(2)6-3-7(8)4-6/h7-8,11-12H,5-6H2,1-4H3;8-9,11H,4-7H2,1-3H3;7-8,10H,4-6H2,1-3H3;7-10H,3-6H2,1-2H3;5-10H,3-4H2,1-2H3;6-7,9H,4-5H2,1-3H3;6-9H,3-5H2,1-2H3;5-8H,3-4H2,1-2H3. The second-order valence-corrected chi connectivity index (χ2v) is 31.7. The Morgan fingerprint density at radius 2 is 0.532 bits per heavy atom. The minimum atomic E-state index is -0.901.